The van der Waals surface area contributed by atoms with Crippen molar-refractivity contribution in [1.29, 1.82) is 5.26 Å². The fourth-order valence-electron chi connectivity index (χ4n) is 4.07. The molecule has 2 saturated carbocycles. The van der Waals surface area contributed by atoms with Crippen LogP contribution in [0.25, 0.3) is 0 Å². The average molecular weight is 439 g/mol. The number of nitrogens with zero attached hydrogens (tertiary/aromatic N) is 1. The van der Waals surface area contributed by atoms with E-state index in [0.29, 0.717) is 37.2 Å². The van der Waals surface area contributed by atoms with Crippen molar-refractivity contribution in [2.75, 3.05) is 7.11 Å². The quantitative estimate of drug-likeness (QED) is 0.509. The van der Waals surface area contributed by atoms with Gasteiger partial charge in [0.05, 0.1) is 30.6 Å². The Labute approximate surface area is 200 Å². The number of hydrogen-bond donors (Lipinski definition) is 1. The second-order valence-electron chi connectivity index (χ2n) is 7.20. The van der Waals surface area contributed by atoms with Gasteiger partial charge in [-0.3, -0.25) is 4.79 Å². The Morgan fingerprint density at radius 2 is 1.67 bits per heavy atom. The fraction of sp³-hybridized carbons (Fsp3) is 0.600. The van der Waals surface area contributed by atoms with Crippen LogP contribution in [0, 0.1) is 17.2 Å². The molecule has 2 aliphatic carbocycles. The minimum absolute atomic E-state index is 0. The van der Waals surface area contributed by atoms with E-state index in [1.807, 2.05) is 18.2 Å². The van der Waals surface area contributed by atoms with Crippen LogP contribution in [0.3, 0.4) is 0 Å². The number of methoxy groups -OCH3 is 1. The first-order valence-corrected chi connectivity index (χ1v) is 9.07. The predicted octanol–water partition coefficient (Wildman–Crippen LogP) is -2.13. The zero-order chi connectivity index (χ0) is 17.9. The van der Waals surface area contributed by atoms with Crippen LogP contribution in [-0.4, -0.2) is 46.2 Å². The molecule has 2 aliphatic rings. The van der Waals surface area contributed by atoms with Crippen molar-refractivity contribution in [2.45, 2.75) is 62.9 Å². The normalized spacial score (nSPS) is 22.3. The number of rotatable bonds is 5. The van der Waals surface area contributed by atoms with Gasteiger partial charge in [-0.05, 0) is 69.1 Å². The molecule has 0 spiro atoms. The number of nitriles is 1. The molecule has 0 bridgehead atoms. The standard InChI is InChI=1S/C20H25NO4.Na.4H2O.H/c1-24-17-7-6-15(12-18(17)25-16-4-2-3-5-16)20(13-21)10-8-14(9-11-20)19(22)23;;;;;;/h6-7,12,14,16H,2-5,8-11H2,1H3,(H,22,23);;4*1H2;/q;+1;;;;;-1. The zero-order valence-electron chi connectivity index (χ0n) is 18.7. The topological polar surface area (TPSA) is 206 Å². The maximum atomic E-state index is 11.2. The smallest absolute Gasteiger partial charge is 1.00 e. The Balaban J connectivity index is -0.000000607. The van der Waals surface area contributed by atoms with Crippen LogP contribution in [0.15, 0.2) is 18.2 Å². The van der Waals surface area contributed by atoms with Gasteiger partial charge in [-0.2, -0.15) is 5.26 Å². The van der Waals surface area contributed by atoms with Gasteiger partial charge in [0.15, 0.2) is 11.5 Å². The summed E-state index contributed by atoms with van der Waals surface area (Å²) in [5.41, 5.74) is 0.277. The van der Waals surface area contributed by atoms with Crippen LogP contribution in [0.5, 0.6) is 11.5 Å². The number of hydrogen-bond acceptors (Lipinski definition) is 4. The Bertz CT molecular complexity index is 686. The average Bonchev–Trinajstić information content (AvgIpc) is 3.14. The largest absolute Gasteiger partial charge is 1.00 e. The van der Waals surface area contributed by atoms with E-state index in [1.54, 1.807) is 7.11 Å². The third-order valence-corrected chi connectivity index (χ3v) is 5.71. The van der Waals surface area contributed by atoms with Crippen LogP contribution >= 0.6 is 0 Å². The third kappa shape index (κ3) is 7.10. The molecule has 0 aliphatic heterocycles. The maximum absolute atomic E-state index is 11.2. The summed E-state index contributed by atoms with van der Waals surface area (Å²) in [6, 6.07) is 8.18. The number of ether oxygens (including phenoxy) is 2. The van der Waals surface area contributed by atoms with E-state index in [1.165, 1.54) is 12.8 Å². The fourth-order valence-corrected chi connectivity index (χ4v) is 4.07. The molecule has 1 aromatic rings. The Morgan fingerprint density at radius 3 is 2.13 bits per heavy atom. The molecule has 0 atom stereocenters. The number of benzene rings is 1. The van der Waals surface area contributed by atoms with Crippen LogP contribution in [0.2, 0.25) is 0 Å². The zero-order valence-corrected chi connectivity index (χ0v) is 19.7. The van der Waals surface area contributed by atoms with E-state index in [9.17, 15) is 15.2 Å². The van der Waals surface area contributed by atoms with Gasteiger partial charge in [0.1, 0.15) is 0 Å². The first-order chi connectivity index (χ1) is 12.1. The second-order valence-corrected chi connectivity index (χ2v) is 7.20. The van der Waals surface area contributed by atoms with E-state index in [0.717, 1.165) is 18.4 Å². The molecule has 0 radical (unpaired) electrons. The van der Waals surface area contributed by atoms with Gasteiger partial charge in [0.2, 0.25) is 0 Å². The molecule has 0 heterocycles. The van der Waals surface area contributed by atoms with Gasteiger partial charge in [-0.15, -0.1) is 0 Å². The van der Waals surface area contributed by atoms with E-state index in [-0.39, 0.29) is 64.9 Å². The van der Waals surface area contributed by atoms with Gasteiger partial charge < -0.3 is 37.9 Å². The molecule has 168 valence electrons. The van der Waals surface area contributed by atoms with Crippen molar-refractivity contribution in [3.05, 3.63) is 23.8 Å². The second kappa shape index (κ2) is 14.6. The number of carbonyl (C=O) groups is 1. The van der Waals surface area contributed by atoms with Gasteiger partial charge in [-0.1, -0.05) is 6.07 Å². The van der Waals surface area contributed by atoms with Crippen molar-refractivity contribution >= 4 is 5.97 Å². The van der Waals surface area contributed by atoms with Gasteiger partial charge in [-0.25, -0.2) is 0 Å². The van der Waals surface area contributed by atoms with E-state index in [4.69, 9.17) is 9.47 Å². The van der Waals surface area contributed by atoms with Crippen molar-refractivity contribution in [1.82, 2.24) is 0 Å². The first-order valence-electron chi connectivity index (χ1n) is 9.07. The van der Waals surface area contributed by atoms with Gasteiger partial charge in [0, 0.05) is 0 Å². The SMILES string of the molecule is COc1ccc(C2(C#N)CCC(C(=O)O)CC2)cc1OC1CCCC1.O.O.O.O.[H-].[Na+]. The molecule has 9 N–H and O–H groups in total. The monoisotopic (exact) mass is 439 g/mol. The van der Waals surface area contributed by atoms with Crippen LogP contribution in [-0.2, 0) is 10.2 Å². The Morgan fingerprint density at radius 1 is 1.10 bits per heavy atom. The number of carboxylic acids is 1. The summed E-state index contributed by atoms with van der Waals surface area (Å²) in [4.78, 5) is 11.2. The summed E-state index contributed by atoms with van der Waals surface area (Å²) in [6.07, 6.45) is 6.89. The molecule has 0 amide bonds. The van der Waals surface area contributed by atoms with Crippen molar-refractivity contribution < 1.29 is 72.3 Å². The van der Waals surface area contributed by atoms with Gasteiger partial charge >= 0.3 is 35.5 Å². The summed E-state index contributed by atoms with van der Waals surface area (Å²) in [5, 5.41) is 19.1. The van der Waals surface area contributed by atoms with Crippen molar-refractivity contribution in [2.24, 2.45) is 5.92 Å². The summed E-state index contributed by atoms with van der Waals surface area (Å²) in [7, 11) is 1.62. The van der Waals surface area contributed by atoms with Crippen molar-refractivity contribution in [3.8, 4) is 17.6 Å². The third-order valence-electron chi connectivity index (χ3n) is 5.71. The molecular formula is C20H34NNaO8. The van der Waals surface area contributed by atoms with Gasteiger partial charge in [0.25, 0.3) is 0 Å². The van der Waals surface area contributed by atoms with E-state index in [2.05, 4.69) is 6.07 Å². The summed E-state index contributed by atoms with van der Waals surface area (Å²) >= 11 is 0. The molecule has 0 unspecified atom stereocenters. The Kier molecular flexibility index (Phi) is 16.2. The molecule has 1 aromatic carbocycles. The summed E-state index contributed by atoms with van der Waals surface area (Å²) in [6.45, 7) is 0. The number of aliphatic carboxylic acids is 1. The molecule has 0 aromatic heterocycles. The molecule has 10 heteroatoms. The minimum atomic E-state index is -0.758. The van der Waals surface area contributed by atoms with Crippen LogP contribution in [0.1, 0.15) is 58.4 Å². The van der Waals surface area contributed by atoms with Crippen molar-refractivity contribution in [3.63, 3.8) is 0 Å². The summed E-state index contributed by atoms with van der Waals surface area (Å²) < 4.78 is 11.6. The van der Waals surface area contributed by atoms with E-state index >= 15 is 0 Å². The molecular weight excluding hydrogens is 405 g/mol. The molecule has 9 nitrogen and oxygen atoms in total. The first kappa shape index (κ1) is 33.3. The summed E-state index contributed by atoms with van der Waals surface area (Å²) in [5.74, 6) is 0.283. The molecule has 0 saturated heterocycles. The number of carboxylic acid groups (broad SMARTS) is 1. The van der Waals surface area contributed by atoms with E-state index < -0.39 is 11.4 Å². The Hall–Kier alpha value is -1.38. The molecule has 30 heavy (non-hydrogen) atoms. The van der Waals surface area contributed by atoms with Crippen LogP contribution < -0.4 is 39.0 Å². The minimum Gasteiger partial charge on any atom is -1.00 e. The molecule has 3 rings (SSSR count). The predicted molar refractivity (Wildman–Crippen MR) is 108 cm³/mol. The maximum Gasteiger partial charge on any atom is 1.00 e. The van der Waals surface area contributed by atoms with Crippen LogP contribution in [0.4, 0.5) is 0 Å². The molecule has 2 fully saturated rings.